The Bertz CT molecular complexity index is 557. The molecule has 0 saturated carbocycles. The van der Waals surface area contributed by atoms with E-state index in [2.05, 4.69) is 68.7 Å². The van der Waals surface area contributed by atoms with Gasteiger partial charge >= 0.3 is 0 Å². The summed E-state index contributed by atoms with van der Waals surface area (Å²) in [5.74, 6) is 0. The van der Waals surface area contributed by atoms with E-state index >= 15 is 0 Å². The first-order chi connectivity index (χ1) is 12.5. The molecule has 3 rings (SSSR count). The van der Waals surface area contributed by atoms with Crippen molar-refractivity contribution < 1.29 is 9.84 Å². The molecule has 6 heteroatoms. The van der Waals surface area contributed by atoms with Crippen LogP contribution in [0.4, 0.5) is 0 Å². The van der Waals surface area contributed by atoms with Crippen molar-refractivity contribution in [2.45, 2.75) is 25.4 Å². The van der Waals surface area contributed by atoms with Crippen LogP contribution in [-0.4, -0.2) is 91.5 Å². The zero-order chi connectivity index (χ0) is 18.6. The molecule has 2 aliphatic heterocycles. The molecule has 1 aromatic rings. The van der Waals surface area contributed by atoms with Gasteiger partial charge in [0.25, 0.3) is 0 Å². The number of hydrogen-bond acceptors (Lipinski definition) is 5. The second-order valence-corrected chi connectivity index (χ2v) is 8.64. The van der Waals surface area contributed by atoms with Crippen molar-refractivity contribution >= 4 is 15.9 Å². The van der Waals surface area contributed by atoms with Gasteiger partial charge in [-0.1, -0.05) is 28.1 Å². The molecule has 2 saturated heterocycles. The Hall–Kier alpha value is -0.500. The molecule has 0 radical (unpaired) electrons. The molecule has 0 bridgehead atoms. The Morgan fingerprint density at radius 2 is 1.69 bits per heavy atom. The molecule has 2 unspecified atom stereocenters. The molecule has 0 aromatic heterocycles. The van der Waals surface area contributed by atoms with Crippen LogP contribution in [0.2, 0.25) is 0 Å². The third-order valence-electron chi connectivity index (χ3n) is 6.04. The van der Waals surface area contributed by atoms with Gasteiger partial charge in [0, 0.05) is 56.3 Å². The number of piperazine rings is 1. The van der Waals surface area contributed by atoms with Gasteiger partial charge in [-0.05, 0) is 31.5 Å². The van der Waals surface area contributed by atoms with Crippen molar-refractivity contribution in [1.82, 2.24) is 14.7 Å². The molecule has 0 spiro atoms. The minimum absolute atomic E-state index is 0.137. The van der Waals surface area contributed by atoms with Crippen LogP contribution in [0.25, 0.3) is 0 Å². The van der Waals surface area contributed by atoms with Crippen LogP contribution in [0.15, 0.2) is 28.7 Å². The summed E-state index contributed by atoms with van der Waals surface area (Å²) in [4.78, 5) is 7.54. The lowest BCUT2D eigenvalue weighted by molar-refractivity contribution is -0.0165. The van der Waals surface area contributed by atoms with Crippen LogP contribution < -0.4 is 0 Å². The largest absolute Gasteiger partial charge is 0.394 e. The molecule has 2 aliphatic rings. The summed E-state index contributed by atoms with van der Waals surface area (Å²) >= 11 is 3.50. The van der Waals surface area contributed by atoms with Gasteiger partial charge in [0.2, 0.25) is 0 Å². The van der Waals surface area contributed by atoms with E-state index in [1.165, 1.54) is 5.56 Å². The standard InChI is InChI=1S/C20H32BrN3O2/c1-17(15-22-11-13-26-14-12-22)23-7-9-24(10-8-23)20(2,16-25)18-3-5-19(21)6-4-18/h3-6,17,25H,7-16H2,1-2H3. The van der Waals surface area contributed by atoms with Crippen LogP contribution in [0.5, 0.6) is 0 Å². The average Bonchev–Trinajstić information content (AvgIpc) is 2.69. The van der Waals surface area contributed by atoms with Gasteiger partial charge in [-0.25, -0.2) is 0 Å². The summed E-state index contributed by atoms with van der Waals surface area (Å²) < 4.78 is 6.52. The topological polar surface area (TPSA) is 39.2 Å². The number of hydrogen-bond donors (Lipinski definition) is 1. The summed E-state index contributed by atoms with van der Waals surface area (Å²) in [6.45, 7) is 13.7. The highest BCUT2D eigenvalue weighted by Gasteiger charge is 2.36. The first-order valence-electron chi connectivity index (χ1n) is 9.69. The van der Waals surface area contributed by atoms with E-state index in [4.69, 9.17) is 4.74 Å². The highest BCUT2D eigenvalue weighted by molar-refractivity contribution is 9.10. The first-order valence-corrected chi connectivity index (χ1v) is 10.5. The number of nitrogens with zero attached hydrogens (tertiary/aromatic N) is 3. The van der Waals surface area contributed by atoms with Gasteiger partial charge in [0.05, 0.1) is 25.4 Å². The molecule has 2 atom stereocenters. The molecule has 26 heavy (non-hydrogen) atoms. The molecular weight excluding hydrogens is 394 g/mol. The lowest BCUT2D eigenvalue weighted by atomic mass is 9.90. The van der Waals surface area contributed by atoms with Crippen LogP contribution in [0.3, 0.4) is 0 Å². The van der Waals surface area contributed by atoms with Crippen LogP contribution in [0.1, 0.15) is 19.4 Å². The Kier molecular flexibility index (Phi) is 7.11. The van der Waals surface area contributed by atoms with Gasteiger partial charge in [0.1, 0.15) is 0 Å². The van der Waals surface area contributed by atoms with E-state index in [1.54, 1.807) is 0 Å². The fourth-order valence-electron chi connectivity index (χ4n) is 4.11. The number of morpholine rings is 1. The minimum Gasteiger partial charge on any atom is -0.394 e. The predicted molar refractivity (Wildman–Crippen MR) is 108 cm³/mol. The minimum atomic E-state index is -0.319. The molecular formula is C20H32BrN3O2. The summed E-state index contributed by atoms with van der Waals surface area (Å²) in [5, 5.41) is 10.2. The van der Waals surface area contributed by atoms with E-state index in [0.717, 1.165) is 63.5 Å². The first kappa shape index (κ1) is 20.2. The van der Waals surface area contributed by atoms with Crippen molar-refractivity contribution in [3.63, 3.8) is 0 Å². The second kappa shape index (κ2) is 9.13. The molecule has 2 heterocycles. The maximum atomic E-state index is 10.2. The maximum Gasteiger partial charge on any atom is 0.0666 e. The Balaban J connectivity index is 1.56. The molecule has 2 fully saturated rings. The van der Waals surface area contributed by atoms with Crippen molar-refractivity contribution in [2.75, 3.05) is 65.6 Å². The molecule has 0 aliphatic carbocycles. The predicted octanol–water partition coefficient (Wildman–Crippen LogP) is 1.99. The van der Waals surface area contributed by atoms with E-state index in [-0.39, 0.29) is 12.1 Å². The Morgan fingerprint density at radius 1 is 1.08 bits per heavy atom. The van der Waals surface area contributed by atoms with Gasteiger partial charge in [-0.15, -0.1) is 0 Å². The molecule has 146 valence electrons. The van der Waals surface area contributed by atoms with Gasteiger partial charge in [-0.2, -0.15) is 0 Å². The van der Waals surface area contributed by atoms with Crippen molar-refractivity contribution in [3.05, 3.63) is 34.3 Å². The van der Waals surface area contributed by atoms with Gasteiger partial charge < -0.3 is 9.84 Å². The summed E-state index contributed by atoms with van der Waals surface area (Å²) in [6, 6.07) is 8.92. The summed E-state index contributed by atoms with van der Waals surface area (Å²) in [7, 11) is 0. The van der Waals surface area contributed by atoms with Crippen molar-refractivity contribution in [2.24, 2.45) is 0 Å². The number of aliphatic hydroxyl groups is 1. The molecule has 5 nitrogen and oxygen atoms in total. The number of halogens is 1. The van der Waals surface area contributed by atoms with Crippen LogP contribution in [-0.2, 0) is 10.3 Å². The average molecular weight is 426 g/mol. The fraction of sp³-hybridized carbons (Fsp3) is 0.700. The van der Waals surface area contributed by atoms with Crippen LogP contribution in [0, 0.1) is 0 Å². The molecule has 1 N–H and O–H groups in total. The number of aliphatic hydroxyl groups excluding tert-OH is 1. The normalized spacial score (nSPS) is 24.3. The number of benzene rings is 1. The molecule has 0 amide bonds. The van der Waals surface area contributed by atoms with Crippen molar-refractivity contribution in [3.8, 4) is 0 Å². The zero-order valence-electron chi connectivity index (χ0n) is 16.0. The Labute approximate surface area is 166 Å². The second-order valence-electron chi connectivity index (χ2n) is 7.72. The van der Waals surface area contributed by atoms with E-state index in [9.17, 15) is 5.11 Å². The van der Waals surface area contributed by atoms with Crippen molar-refractivity contribution in [1.29, 1.82) is 0 Å². The summed E-state index contributed by atoms with van der Waals surface area (Å²) in [5.41, 5.74) is 0.860. The summed E-state index contributed by atoms with van der Waals surface area (Å²) in [6.07, 6.45) is 0. The molecule has 1 aromatic carbocycles. The van der Waals surface area contributed by atoms with Crippen LogP contribution >= 0.6 is 15.9 Å². The van der Waals surface area contributed by atoms with E-state index in [0.29, 0.717) is 6.04 Å². The monoisotopic (exact) mass is 425 g/mol. The third-order valence-corrected chi connectivity index (χ3v) is 6.56. The highest BCUT2D eigenvalue weighted by atomic mass is 79.9. The smallest absolute Gasteiger partial charge is 0.0666 e. The lowest BCUT2D eigenvalue weighted by Crippen LogP contribution is -2.58. The zero-order valence-corrected chi connectivity index (χ0v) is 17.6. The number of rotatable bonds is 6. The number of ether oxygens (including phenoxy) is 1. The SMILES string of the molecule is CC(CN1CCOCC1)N1CCN(C(C)(CO)c2ccc(Br)cc2)CC1. The third kappa shape index (κ3) is 4.66. The van der Waals surface area contributed by atoms with E-state index in [1.807, 2.05) is 0 Å². The van der Waals surface area contributed by atoms with Gasteiger partial charge in [-0.3, -0.25) is 14.7 Å². The Morgan fingerprint density at radius 3 is 2.27 bits per heavy atom. The maximum absolute atomic E-state index is 10.2. The quantitative estimate of drug-likeness (QED) is 0.754. The fourth-order valence-corrected chi connectivity index (χ4v) is 4.38. The van der Waals surface area contributed by atoms with Gasteiger partial charge in [0.15, 0.2) is 0 Å². The highest BCUT2D eigenvalue weighted by Crippen LogP contribution is 2.30. The van der Waals surface area contributed by atoms with E-state index < -0.39 is 0 Å². The lowest BCUT2D eigenvalue weighted by Gasteiger charge is -2.47.